The predicted molar refractivity (Wildman–Crippen MR) is 92.0 cm³/mol. The summed E-state index contributed by atoms with van der Waals surface area (Å²) >= 11 is 0. The molecule has 0 radical (unpaired) electrons. The molecule has 1 amide bonds. The molecule has 0 spiro atoms. The van der Waals surface area contributed by atoms with Crippen molar-refractivity contribution in [1.82, 2.24) is 9.97 Å². The monoisotopic (exact) mass is 310 g/mol. The summed E-state index contributed by atoms with van der Waals surface area (Å²) in [5.41, 5.74) is 13.1. The third-order valence-electron chi connectivity index (χ3n) is 2.69. The molecule has 2 aromatic rings. The fourth-order valence-corrected chi connectivity index (χ4v) is 1.65. The Hall–Kier alpha value is -3.41. The Morgan fingerprint density at radius 3 is 2.22 bits per heavy atom. The number of nitrogens with zero attached hydrogens (tertiary/aromatic N) is 1. The standard InChI is InChI=1S/C9H10N2O.C8H8N2O/c10-8(6-9(11)12)7-4-2-1-3-5-7;1-3-6-7(4-2)10-8(5-11)9-6/h1-6H,10H2,(H2,11,12);3-5H,1-2H2,(H,9,10)/b8-6-;. The second-order valence-electron chi connectivity index (χ2n) is 4.32. The number of aromatic amines is 1. The molecular weight excluding hydrogens is 292 g/mol. The zero-order chi connectivity index (χ0) is 17.2. The minimum atomic E-state index is -0.531. The Bertz CT molecular complexity index is 705. The van der Waals surface area contributed by atoms with Gasteiger partial charge in [-0.3, -0.25) is 9.59 Å². The van der Waals surface area contributed by atoms with E-state index >= 15 is 0 Å². The molecule has 118 valence electrons. The second kappa shape index (κ2) is 8.78. The largest absolute Gasteiger partial charge is 0.398 e. The third kappa shape index (κ3) is 5.47. The Kier molecular flexibility index (Phi) is 6.74. The Balaban J connectivity index is 0.000000231. The Morgan fingerprint density at radius 2 is 1.78 bits per heavy atom. The maximum absolute atomic E-state index is 10.4. The molecule has 0 atom stereocenters. The number of nitrogens with two attached hydrogens (primary N) is 2. The van der Waals surface area contributed by atoms with Crippen molar-refractivity contribution in [2.45, 2.75) is 0 Å². The molecule has 0 bridgehead atoms. The van der Waals surface area contributed by atoms with Crippen molar-refractivity contribution in [3.05, 3.63) is 72.3 Å². The molecule has 23 heavy (non-hydrogen) atoms. The van der Waals surface area contributed by atoms with Gasteiger partial charge in [0.25, 0.3) is 0 Å². The summed E-state index contributed by atoms with van der Waals surface area (Å²) in [6, 6.07) is 9.19. The molecule has 0 saturated carbocycles. The minimum absolute atomic E-state index is 0.301. The highest BCUT2D eigenvalue weighted by Crippen LogP contribution is 2.07. The van der Waals surface area contributed by atoms with Crippen LogP contribution in [-0.2, 0) is 4.79 Å². The summed E-state index contributed by atoms with van der Waals surface area (Å²) in [4.78, 5) is 27.4. The van der Waals surface area contributed by atoms with Gasteiger partial charge in [0.1, 0.15) is 0 Å². The number of amides is 1. The molecule has 6 nitrogen and oxygen atoms in total. The van der Waals surface area contributed by atoms with Gasteiger partial charge in [-0.05, 0) is 17.7 Å². The first-order valence-corrected chi connectivity index (χ1v) is 6.63. The van der Waals surface area contributed by atoms with Crippen LogP contribution in [0, 0.1) is 0 Å². The van der Waals surface area contributed by atoms with Crippen molar-refractivity contribution in [3.63, 3.8) is 0 Å². The first-order valence-electron chi connectivity index (χ1n) is 6.63. The molecule has 0 aliphatic heterocycles. The number of carbonyl (C=O) groups excluding carboxylic acids is 2. The molecule has 0 unspecified atom stereocenters. The summed E-state index contributed by atoms with van der Waals surface area (Å²) in [5, 5.41) is 0. The van der Waals surface area contributed by atoms with Gasteiger partial charge in [-0.25, -0.2) is 4.98 Å². The van der Waals surface area contributed by atoms with E-state index in [9.17, 15) is 9.59 Å². The molecule has 0 aliphatic rings. The number of primary amides is 1. The topological polar surface area (TPSA) is 115 Å². The van der Waals surface area contributed by atoms with Gasteiger partial charge in [0, 0.05) is 11.8 Å². The summed E-state index contributed by atoms with van der Waals surface area (Å²) < 4.78 is 0. The molecule has 5 N–H and O–H groups in total. The van der Waals surface area contributed by atoms with E-state index in [1.165, 1.54) is 6.08 Å². The van der Waals surface area contributed by atoms with Gasteiger partial charge in [0.05, 0.1) is 11.4 Å². The molecule has 0 aliphatic carbocycles. The van der Waals surface area contributed by atoms with E-state index in [0.29, 0.717) is 23.5 Å². The van der Waals surface area contributed by atoms with Crippen molar-refractivity contribution >= 4 is 30.0 Å². The van der Waals surface area contributed by atoms with Crippen LogP contribution in [0.25, 0.3) is 17.8 Å². The van der Waals surface area contributed by atoms with Gasteiger partial charge in [-0.1, -0.05) is 43.5 Å². The lowest BCUT2D eigenvalue weighted by molar-refractivity contribution is -0.113. The van der Waals surface area contributed by atoms with E-state index in [2.05, 4.69) is 23.1 Å². The number of rotatable bonds is 5. The van der Waals surface area contributed by atoms with Gasteiger partial charge < -0.3 is 16.5 Å². The van der Waals surface area contributed by atoms with Gasteiger partial charge in [0.2, 0.25) is 5.91 Å². The summed E-state index contributed by atoms with van der Waals surface area (Å²) in [6.45, 7) is 7.09. The van der Waals surface area contributed by atoms with Crippen LogP contribution in [0.1, 0.15) is 27.6 Å². The summed E-state index contributed by atoms with van der Waals surface area (Å²) in [6.07, 6.45) is 5.02. The van der Waals surface area contributed by atoms with E-state index < -0.39 is 5.91 Å². The fraction of sp³-hybridized carbons (Fsp3) is 0. The number of aldehydes is 1. The average molecular weight is 310 g/mol. The van der Waals surface area contributed by atoms with Crippen LogP contribution in [-0.4, -0.2) is 22.2 Å². The number of aromatic nitrogens is 2. The number of benzene rings is 1. The number of hydrogen-bond acceptors (Lipinski definition) is 4. The van der Waals surface area contributed by atoms with Crippen LogP contribution < -0.4 is 11.5 Å². The summed E-state index contributed by atoms with van der Waals surface area (Å²) in [7, 11) is 0. The normalized spacial score (nSPS) is 10.2. The number of nitrogens with one attached hydrogen (secondary N) is 1. The number of hydrogen-bond donors (Lipinski definition) is 3. The maximum atomic E-state index is 10.4. The lowest BCUT2D eigenvalue weighted by Gasteiger charge is -1.98. The molecule has 0 saturated heterocycles. The first-order chi connectivity index (χ1) is 11.0. The third-order valence-corrected chi connectivity index (χ3v) is 2.69. The predicted octanol–water partition coefficient (Wildman–Crippen LogP) is 1.98. The van der Waals surface area contributed by atoms with Crippen molar-refractivity contribution < 1.29 is 9.59 Å². The number of imidazole rings is 1. The van der Waals surface area contributed by atoms with Crippen molar-refractivity contribution in [1.29, 1.82) is 0 Å². The molecule has 6 heteroatoms. The molecule has 1 heterocycles. The minimum Gasteiger partial charge on any atom is -0.398 e. The van der Waals surface area contributed by atoms with E-state index in [1.54, 1.807) is 12.2 Å². The zero-order valence-corrected chi connectivity index (χ0v) is 12.5. The average Bonchev–Trinajstić information content (AvgIpc) is 2.98. The zero-order valence-electron chi connectivity index (χ0n) is 12.5. The molecule has 1 aromatic heterocycles. The van der Waals surface area contributed by atoms with Gasteiger partial charge in [-0.15, -0.1) is 0 Å². The number of H-pyrrole nitrogens is 1. The van der Waals surface area contributed by atoms with Crippen LogP contribution in [0.15, 0.2) is 49.6 Å². The van der Waals surface area contributed by atoms with Gasteiger partial charge >= 0.3 is 0 Å². The van der Waals surface area contributed by atoms with Crippen LogP contribution in [0.2, 0.25) is 0 Å². The van der Waals surface area contributed by atoms with Crippen molar-refractivity contribution in [2.75, 3.05) is 0 Å². The van der Waals surface area contributed by atoms with Crippen LogP contribution in [0.5, 0.6) is 0 Å². The molecular formula is C17H18N4O2. The lowest BCUT2D eigenvalue weighted by Crippen LogP contribution is -2.09. The van der Waals surface area contributed by atoms with Crippen LogP contribution in [0.4, 0.5) is 0 Å². The SMILES string of the molecule is C=Cc1nc(C=O)[nH]c1C=C.NC(=O)/C=C(\N)c1ccccc1. The smallest absolute Gasteiger partial charge is 0.243 e. The van der Waals surface area contributed by atoms with E-state index in [1.807, 2.05) is 30.3 Å². The second-order valence-corrected chi connectivity index (χ2v) is 4.32. The summed E-state index contributed by atoms with van der Waals surface area (Å²) in [5.74, 6) is -0.230. The van der Waals surface area contributed by atoms with Gasteiger partial charge in [-0.2, -0.15) is 0 Å². The Morgan fingerprint density at radius 1 is 1.13 bits per heavy atom. The quantitative estimate of drug-likeness (QED) is 0.578. The highest BCUT2D eigenvalue weighted by Gasteiger charge is 2.01. The number of carbonyl (C=O) groups is 2. The molecule has 2 rings (SSSR count). The van der Waals surface area contributed by atoms with Crippen molar-refractivity contribution in [2.24, 2.45) is 11.5 Å². The maximum Gasteiger partial charge on any atom is 0.243 e. The van der Waals surface area contributed by atoms with Crippen molar-refractivity contribution in [3.8, 4) is 0 Å². The van der Waals surface area contributed by atoms with Crippen LogP contribution >= 0.6 is 0 Å². The highest BCUT2D eigenvalue weighted by molar-refractivity contribution is 5.93. The van der Waals surface area contributed by atoms with Crippen LogP contribution in [0.3, 0.4) is 0 Å². The van der Waals surface area contributed by atoms with Gasteiger partial charge in [0.15, 0.2) is 12.1 Å². The van der Waals surface area contributed by atoms with E-state index in [0.717, 1.165) is 11.3 Å². The highest BCUT2D eigenvalue weighted by atomic mass is 16.1. The molecule has 1 aromatic carbocycles. The molecule has 0 fully saturated rings. The fourth-order valence-electron chi connectivity index (χ4n) is 1.65. The Labute approximate surface area is 134 Å². The first kappa shape index (κ1) is 17.6. The van der Waals surface area contributed by atoms with E-state index in [4.69, 9.17) is 11.5 Å². The lowest BCUT2D eigenvalue weighted by atomic mass is 10.1. The van der Waals surface area contributed by atoms with E-state index in [-0.39, 0.29) is 0 Å².